The lowest BCUT2D eigenvalue weighted by atomic mass is 10.0. The second kappa shape index (κ2) is 3.99. The Labute approximate surface area is 77.7 Å². The topological polar surface area (TPSA) is 90.2 Å². The third-order valence-corrected chi connectivity index (χ3v) is 2.48. The van der Waals surface area contributed by atoms with E-state index in [0.717, 1.165) is 0 Å². The number of alkyl halides is 1. The zero-order valence-electron chi connectivity index (χ0n) is 6.17. The van der Waals surface area contributed by atoms with Crippen molar-refractivity contribution in [1.29, 1.82) is 0 Å². The molecule has 1 aliphatic heterocycles. The Balaban J connectivity index is 2.63. The van der Waals surface area contributed by atoms with Gasteiger partial charge in [-0.25, -0.2) is 0 Å². The summed E-state index contributed by atoms with van der Waals surface area (Å²) in [5, 5.41) is 36.7. The molecule has 6 heteroatoms. The maximum Gasteiger partial charge on any atom is 0.183 e. The monoisotopic (exact) mass is 242 g/mol. The Morgan fingerprint density at radius 1 is 1.00 bits per heavy atom. The van der Waals surface area contributed by atoms with Crippen molar-refractivity contribution in [3.8, 4) is 0 Å². The summed E-state index contributed by atoms with van der Waals surface area (Å²) in [6.07, 6.45) is -6.13. The van der Waals surface area contributed by atoms with Crippen LogP contribution in [0.2, 0.25) is 0 Å². The fourth-order valence-electron chi connectivity index (χ4n) is 1.06. The van der Waals surface area contributed by atoms with Crippen LogP contribution in [0.4, 0.5) is 0 Å². The standard InChI is InChI=1S/C6H11BrO5/c7-1-2-3(8)4(9)5(10)6(11)12-2/h2-6,8-11H,1H2/t2-,3-,4+,5-,6+/m1/s1. The summed E-state index contributed by atoms with van der Waals surface area (Å²) in [7, 11) is 0. The average molecular weight is 243 g/mol. The minimum absolute atomic E-state index is 0.287. The van der Waals surface area contributed by atoms with Crippen LogP contribution in [0.3, 0.4) is 0 Å². The van der Waals surface area contributed by atoms with Gasteiger partial charge in [0.25, 0.3) is 0 Å². The van der Waals surface area contributed by atoms with Gasteiger partial charge in [0, 0.05) is 5.33 Å². The predicted molar refractivity (Wildman–Crippen MR) is 42.7 cm³/mol. The van der Waals surface area contributed by atoms with Crippen LogP contribution in [0, 0.1) is 0 Å². The van der Waals surface area contributed by atoms with Crippen molar-refractivity contribution >= 4 is 15.9 Å². The van der Waals surface area contributed by atoms with Crippen LogP contribution in [0.15, 0.2) is 0 Å². The molecule has 1 fully saturated rings. The van der Waals surface area contributed by atoms with Crippen molar-refractivity contribution in [3.63, 3.8) is 0 Å². The summed E-state index contributed by atoms with van der Waals surface area (Å²) in [6, 6.07) is 0. The van der Waals surface area contributed by atoms with Crippen LogP contribution in [0.5, 0.6) is 0 Å². The van der Waals surface area contributed by atoms with Crippen LogP contribution in [0.1, 0.15) is 0 Å². The predicted octanol–water partition coefficient (Wildman–Crippen LogP) is -1.82. The molecule has 0 unspecified atom stereocenters. The van der Waals surface area contributed by atoms with Crippen molar-refractivity contribution < 1.29 is 25.2 Å². The van der Waals surface area contributed by atoms with E-state index in [4.69, 9.17) is 20.1 Å². The normalized spacial score (nSPS) is 49.2. The molecule has 1 rings (SSSR count). The van der Waals surface area contributed by atoms with E-state index in [1.807, 2.05) is 0 Å². The lowest BCUT2D eigenvalue weighted by Gasteiger charge is -2.37. The first-order valence-electron chi connectivity index (χ1n) is 3.51. The Morgan fingerprint density at radius 2 is 1.58 bits per heavy atom. The molecule has 5 atom stereocenters. The summed E-state index contributed by atoms with van der Waals surface area (Å²) in [6.45, 7) is 0. The fraction of sp³-hybridized carbons (Fsp3) is 1.00. The minimum atomic E-state index is -1.45. The van der Waals surface area contributed by atoms with Gasteiger partial charge in [-0.3, -0.25) is 0 Å². The van der Waals surface area contributed by atoms with Crippen molar-refractivity contribution in [1.82, 2.24) is 0 Å². The van der Waals surface area contributed by atoms with Gasteiger partial charge in [0.1, 0.15) is 18.3 Å². The van der Waals surface area contributed by atoms with Crippen molar-refractivity contribution in [2.75, 3.05) is 5.33 Å². The molecular formula is C6H11BrO5. The van der Waals surface area contributed by atoms with Gasteiger partial charge in [0.05, 0.1) is 6.10 Å². The first kappa shape index (κ1) is 10.4. The summed E-state index contributed by atoms with van der Waals surface area (Å²) in [5.41, 5.74) is 0. The average Bonchev–Trinajstić information content (AvgIpc) is 2.08. The fourth-order valence-corrected chi connectivity index (χ4v) is 1.59. The van der Waals surface area contributed by atoms with Crippen LogP contribution in [-0.2, 0) is 4.74 Å². The zero-order valence-corrected chi connectivity index (χ0v) is 7.75. The van der Waals surface area contributed by atoms with Crippen molar-refractivity contribution in [3.05, 3.63) is 0 Å². The second-order valence-corrected chi connectivity index (χ2v) is 3.34. The van der Waals surface area contributed by atoms with E-state index in [0.29, 0.717) is 0 Å². The number of hydrogen-bond acceptors (Lipinski definition) is 5. The minimum Gasteiger partial charge on any atom is -0.388 e. The van der Waals surface area contributed by atoms with Gasteiger partial charge < -0.3 is 25.2 Å². The number of aliphatic hydroxyl groups is 4. The van der Waals surface area contributed by atoms with Gasteiger partial charge in [-0.05, 0) is 0 Å². The highest BCUT2D eigenvalue weighted by atomic mass is 79.9. The highest BCUT2D eigenvalue weighted by Gasteiger charge is 2.42. The summed E-state index contributed by atoms with van der Waals surface area (Å²) >= 11 is 3.04. The Kier molecular flexibility index (Phi) is 3.45. The smallest absolute Gasteiger partial charge is 0.183 e. The number of rotatable bonds is 1. The maximum absolute atomic E-state index is 9.25. The van der Waals surface area contributed by atoms with Crippen LogP contribution in [-0.4, -0.2) is 56.5 Å². The molecule has 0 spiro atoms. The molecular weight excluding hydrogens is 232 g/mol. The summed E-state index contributed by atoms with van der Waals surface area (Å²) in [4.78, 5) is 0. The number of halogens is 1. The lowest BCUT2D eigenvalue weighted by Crippen LogP contribution is -2.57. The molecule has 4 N–H and O–H groups in total. The largest absolute Gasteiger partial charge is 0.388 e. The van der Waals surface area contributed by atoms with Gasteiger partial charge in [-0.1, -0.05) is 15.9 Å². The van der Waals surface area contributed by atoms with Crippen LogP contribution >= 0.6 is 15.9 Å². The van der Waals surface area contributed by atoms with E-state index in [1.54, 1.807) is 0 Å². The molecule has 0 aromatic rings. The second-order valence-electron chi connectivity index (χ2n) is 2.69. The molecule has 1 saturated heterocycles. The highest BCUT2D eigenvalue weighted by molar-refractivity contribution is 9.09. The third-order valence-electron chi connectivity index (χ3n) is 1.84. The number of aliphatic hydroxyl groups excluding tert-OH is 4. The quantitative estimate of drug-likeness (QED) is 0.407. The van der Waals surface area contributed by atoms with E-state index >= 15 is 0 Å². The van der Waals surface area contributed by atoms with Gasteiger partial charge in [0.15, 0.2) is 6.29 Å². The van der Waals surface area contributed by atoms with Gasteiger partial charge in [-0.15, -0.1) is 0 Å². The first-order chi connectivity index (χ1) is 5.57. The third kappa shape index (κ3) is 1.78. The molecule has 12 heavy (non-hydrogen) atoms. The zero-order chi connectivity index (χ0) is 9.30. The molecule has 5 nitrogen and oxygen atoms in total. The number of hydrogen-bond donors (Lipinski definition) is 4. The van der Waals surface area contributed by atoms with Crippen molar-refractivity contribution in [2.24, 2.45) is 0 Å². The maximum atomic E-state index is 9.25. The molecule has 1 aliphatic rings. The molecule has 0 bridgehead atoms. The van der Waals surface area contributed by atoms with Crippen LogP contribution in [0.25, 0.3) is 0 Å². The first-order valence-corrected chi connectivity index (χ1v) is 4.63. The van der Waals surface area contributed by atoms with E-state index in [-0.39, 0.29) is 5.33 Å². The van der Waals surface area contributed by atoms with E-state index < -0.39 is 30.7 Å². The molecule has 0 aliphatic carbocycles. The number of ether oxygens (including phenoxy) is 1. The molecule has 0 amide bonds. The van der Waals surface area contributed by atoms with Gasteiger partial charge in [-0.2, -0.15) is 0 Å². The molecule has 72 valence electrons. The molecule has 0 radical (unpaired) electrons. The molecule has 0 saturated carbocycles. The SMILES string of the molecule is O[C@@H]1[C@@H](O)[C@@H](O)O[C@H](CBr)[C@H]1O. The summed E-state index contributed by atoms with van der Waals surface area (Å²) < 4.78 is 4.78. The van der Waals surface area contributed by atoms with Crippen LogP contribution < -0.4 is 0 Å². The lowest BCUT2D eigenvalue weighted by molar-refractivity contribution is -0.276. The molecule has 1 heterocycles. The molecule has 0 aromatic heterocycles. The molecule has 0 aromatic carbocycles. The van der Waals surface area contributed by atoms with E-state index in [2.05, 4.69) is 15.9 Å². The Morgan fingerprint density at radius 3 is 2.08 bits per heavy atom. The van der Waals surface area contributed by atoms with Crippen molar-refractivity contribution in [2.45, 2.75) is 30.7 Å². The Bertz CT molecular complexity index is 150. The van der Waals surface area contributed by atoms with E-state index in [9.17, 15) is 5.11 Å². The Hall–Kier alpha value is 0.280. The van der Waals surface area contributed by atoms with E-state index in [1.165, 1.54) is 0 Å². The van der Waals surface area contributed by atoms with Gasteiger partial charge >= 0.3 is 0 Å². The highest BCUT2D eigenvalue weighted by Crippen LogP contribution is 2.20. The summed E-state index contributed by atoms with van der Waals surface area (Å²) in [5.74, 6) is 0. The van der Waals surface area contributed by atoms with Gasteiger partial charge in [0.2, 0.25) is 0 Å².